The molecule has 0 saturated carbocycles. The van der Waals surface area contributed by atoms with Crippen LogP contribution in [0.15, 0.2) is 29.3 Å². The van der Waals surface area contributed by atoms with Gasteiger partial charge in [0.15, 0.2) is 0 Å². The van der Waals surface area contributed by atoms with Crippen LogP contribution in [0, 0.1) is 0 Å². The summed E-state index contributed by atoms with van der Waals surface area (Å²) in [6.07, 6.45) is 3.03. The van der Waals surface area contributed by atoms with Crippen molar-refractivity contribution in [1.82, 2.24) is 0 Å². The Hall–Kier alpha value is -1.11. The Morgan fingerprint density at radius 2 is 1.79 bits per heavy atom. The average molecular weight is 191 g/mol. The molecule has 0 heterocycles. The van der Waals surface area contributed by atoms with Crippen molar-refractivity contribution < 1.29 is 0 Å². The highest BCUT2D eigenvalue weighted by Crippen LogP contribution is 2.06. The van der Waals surface area contributed by atoms with Gasteiger partial charge in [0.2, 0.25) is 0 Å². The SMILES string of the molecule is CC.CCN=Cc1ccccc1CC. The largest absolute Gasteiger partial charge is 0.293 e. The fraction of sp³-hybridized carbons (Fsp3) is 0.462. The van der Waals surface area contributed by atoms with E-state index in [4.69, 9.17) is 0 Å². The molecule has 0 unspecified atom stereocenters. The molecule has 0 aliphatic heterocycles. The fourth-order valence-electron chi connectivity index (χ4n) is 1.17. The molecule has 1 heteroatoms. The van der Waals surface area contributed by atoms with Gasteiger partial charge in [-0.15, -0.1) is 0 Å². The van der Waals surface area contributed by atoms with Gasteiger partial charge in [0.05, 0.1) is 0 Å². The lowest BCUT2D eigenvalue weighted by Gasteiger charge is -2.00. The molecule has 1 aromatic rings. The number of hydrogen-bond acceptors (Lipinski definition) is 1. The van der Waals surface area contributed by atoms with Crippen LogP contribution in [-0.2, 0) is 6.42 Å². The number of aryl methyl sites for hydroxylation is 1. The van der Waals surface area contributed by atoms with Crippen LogP contribution in [0.1, 0.15) is 38.8 Å². The summed E-state index contributed by atoms with van der Waals surface area (Å²) < 4.78 is 0. The number of aliphatic imine (C=N–C) groups is 1. The molecule has 0 atom stereocenters. The van der Waals surface area contributed by atoms with Crippen LogP contribution in [0.25, 0.3) is 0 Å². The van der Waals surface area contributed by atoms with E-state index >= 15 is 0 Å². The predicted molar refractivity (Wildman–Crippen MR) is 65.3 cm³/mol. The number of hydrogen-bond donors (Lipinski definition) is 0. The van der Waals surface area contributed by atoms with Crippen LogP contribution in [-0.4, -0.2) is 12.8 Å². The second kappa shape index (κ2) is 8.49. The first-order valence-corrected chi connectivity index (χ1v) is 5.46. The maximum atomic E-state index is 4.23. The lowest BCUT2D eigenvalue weighted by molar-refractivity contribution is 1.12. The zero-order valence-corrected chi connectivity index (χ0v) is 9.75. The van der Waals surface area contributed by atoms with Gasteiger partial charge in [-0.1, -0.05) is 45.0 Å². The first-order chi connectivity index (χ1) is 6.88. The topological polar surface area (TPSA) is 12.4 Å². The van der Waals surface area contributed by atoms with E-state index in [1.807, 2.05) is 27.0 Å². The highest BCUT2D eigenvalue weighted by molar-refractivity contribution is 5.81. The summed E-state index contributed by atoms with van der Waals surface area (Å²) >= 11 is 0. The van der Waals surface area contributed by atoms with Gasteiger partial charge in [0.1, 0.15) is 0 Å². The number of nitrogens with zero attached hydrogens (tertiary/aromatic N) is 1. The van der Waals surface area contributed by atoms with Crippen molar-refractivity contribution in [1.29, 1.82) is 0 Å². The summed E-state index contributed by atoms with van der Waals surface area (Å²) in [4.78, 5) is 4.23. The quantitative estimate of drug-likeness (QED) is 0.646. The van der Waals surface area contributed by atoms with Crippen molar-refractivity contribution in [3.63, 3.8) is 0 Å². The van der Waals surface area contributed by atoms with Gasteiger partial charge in [0.25, 0.3) is 0 Å². The summed E-state index contributed by atoms with van der Waals surface area (Å²) in [6, 6.07) is 8.38. The standard InChI is InChI=1S/C11H15N.C2H6/c1-3-10-7-5-6-8-11(10)9-12-4-2;1-2/h5-9H,3-4H2,1-2H3;1-2H3. The second-order valence-electron chi connectivity index (χ2n) is 2.68. The van der Waals surface area contributed by atoms with Crippen LogP contribution in [0.2, 0.25) is 0 Å². The van der Waals surface area contributed by atoms with Crippen LogP contribution in [0.5, 0.6) is 0 Å². The summed E-state index contributed by atoms with van der Waals surface area (Å²) in [5.74, 6) is 0. The first kappa shape index (κ1) is 12.9. The van der Waals surface area contributed by atoms with Gasteiger partial charge in [0, 0.05) is 12.8 Å². The molecule has 0 bridgehead atoms. The maximum absolute atomic E-state index is 4.23. The summed E-state index contributed by atoms with van der Waals surface area (Å²) in [5.41, 5.74) is 2.62. The van der Waals surface area contributed by atoms with E-state index in [0.29, 0.717) is 0 Å². The van der Waals surface area contributed by atoms with Gasteiger partial charge in [-0.05, 0) is 24.5 Å². The summed E-state index contributed by atoms with van der Waals surface area (Å²) in [6.45, 7) is 9.07. The third-order valence-electron chi connectivity index (χ3n) is 1.85. The van der Waals surface area contributed by atoms with Gasteiger partial charge in [-0.25, -0.2) is 0 Å². The van der Waals surface area contributed by atoms with Crippen LogP contribution in [0.4, 0.5) is 0 Å². The molecule has 0 aliphatic carbocycles. The molecule has 1 rings (SSSR count). The molecule has 0 aliphatic rings. The van der Waals surface area contributed by atoms with Gasteiger partial charge < -0.3 is 0 Å². The number of benzene rings is 1. The van der Waals surface area contributed by atoms with Crippen molar-refractivity contribution in [2.45, 2.75) is 34.1 Å². The van der Waals surface area contributed by atoms with E-state index in [1.54, 1.807) is 0 Å². The molecule has 0 radical (unpaired) electrons. The van der Waals surface area contributed by atoms with Crippen molar-refractivity contribution >= 4 is 6.21 Å². The highest BCUT2D eigenvalue weighted by atomic mass is 14.7. The third kappa shape index (κ3) is 4.22. The van der Waals surface area contributed by atoms with Crippen LogP contribution in [0.3, 0.4) is 0 Å². The lowest BCUT2D eigenvalue weighted by atomic mass is 10.1. The maximum Gasteiger partial charge on any atom is 0.0361 e. The zero-order chi connectivity index (χ0) is 10.8. The minimum Gasteiger partial charge on any atom is -0.293 e. The minimum absolute atomic E-state index is 0.859. The van der Waals surface area contributed by atoms with E-state index in [0.717, 1.165) is 13.0 Å². The zero-order valence-electron chi connectivity index (χ0n) is 9.75. The van der Waals surface area contributed by atoms with Crippen LogP contribution < -0.4 is 0 Å². The average Bonchev–Trinajstić information content (AvgIpc) is 2.29. The van der Waals surface area contributed by atoms with Gasteiger partial charge >= 0.3 is 0 Å². The Kier molecular flexibility index (Phi) is 7.81. The molecule has 0 fully saturated rings. The molecule has 0 aromatic heterocycles. The van der Waals surface area contributed by atoms with Crippen LogP contribution >= 0.6 is 0 Å². The monoisotopic (exact) mass is 191 g/mol. The normalized spacial score (nSPS) is 9.71. The van der Waals surface area contributed by atoms with E-state index in [1.165, 1.54) is 11.1 Å². The first-order valence-electron chi connectivity index (χ1n) is 5.46. The van der Waals surface area contributed by atoms with Gasteiger partial charge in [-0.2, -0.15) is 0 Å². The molecule has 1 nitrogen and oxygen atoms in total. The van der Waals surface area contributed by atoms with E-state index < -0.39 is 0 Å². The Labute approximate surface area is 87.9 Å². The second-order valence-corrected chi connectivity index (χ2v) is 2.68. The fourth-order valence-corrected chi connectivity index (χ4v) is 1.17. The van der Waals surface area contributed by atoms with E-state index in [9.17, 15) is 0 Å². The van der Waals surface area contributed by atoms with Crippen molar-refractivity contribution in [2.24, 2.45) is 4.99 Å². The minimum atomic E-state index is 0.859. The molecule has 0 saturated heterocycles. The summed E-state index contributed by atoms with van der Waals surface area (Å²) in [7, 11) is 0. The predicted octanol–water partition coefficient (Wildman–Crippen LogP) is 3.71. The molecule has 0 spiro atoms. The molecule has 0 amide bonds. The molecule has 78 valence electrons. The Balaban J connectivity index is 0.000000791. The Bertz CT molecular complexity index is 264. The third-order valence-corrected chi connectivity index (χ3v) is 1.85. The van der Waals surface area contributed by atoms with E-state index in [-0.39, 0.29) is 0 Å². The molecule has 1 aromatic carbocycles. The van der Waals surface area contributed by atoms with Gasteiger partial charge in [-0.3, -0.25) is 4.99 Å². The molecule has 14 heavy (non-hydrogen) atoms. The number of rotatable bonds is 3. The Morgan fingerprint density at radius 1 is 1.14 bits per heavy atom. The molecular weight excluding hydrogens is 170 g/mol. The molecule has 0 N–H and O–H groups in total. The van der Waals surface area contributed by atoms with Crippen molar-refractivity contribution in [3.8, 4) is 0 Å². The van der Waals surface area contributed by atoms with Crippen molar-refractivity contribution in [3.05, 3.63) is 35.4 Å². The summed E-state index contributed by atoms with van der Waals surface area (Å²) in [5, 5.41) is 0. The smallest absolute Gasteiger partial charge is 0.0361 e. The van der Waals surface area contributed by atoms with E-state index in [2.05, 4.69) is 36.2 Å². The van der Waals surface area contributed by atoms with Crippen molar-refractivity contribution in [2.75, 3.05) is 6.54 Å². The lowest BCUT2D eigenvalue weighted by Crippen LogP contribution is -1.90. The molecular formula is C13H21N. The Morgan fingerprint density at radius 3 is 2.36 bits per heavy atom. The highest BCUT2D eigenvalue weighted by Gasteiger charge is 1.93.